The Morgan fingerprint density at radius 1 is 1.61 bits per heavy atom. The van der Waals surface area contributed by atoms with Crippen molar-refractivity contribution < 1.29 is 14.6 Å². The van der Waals surface area contributed by atoms with E-state index in [0.717, 1.165) is 24.2 Å². The molecule has 3 rings (SSSR count). The number of aromatic carboxylic acids is 1. The molecule has 2 aromatic heterocycles. The summed E-state index contributed by atoms with van der Waals surface area (Å²) < 4.78 is 6.96. The van der Waals surface area contributed by atoms with Crippen LogP contribution in [0.1, 0.15) is 40.5 Å². The molecule has 94 valence electrons. The molecule has 1 aliphatic rings. The lowest BCUT2D eigenvalue weighted by Crippen LogP contribution is -2.05. The van der Waals surface area contributed by atoms with Crippen LogP contribution >= 0.6 is 0 Å². The average Bonchev–Trinajstić information content (AvgIpc) is 3.09. The van der Waals surface area contributed by atoms with Crippen LogP contribution < -0.4 is 0 Å². The van der Waals surface area contributed by atoms with Crippen molar-refractivity contribution in [2.45, 2.75) is 25.4 Å². The van der Waals surface area contributed by atoms with Gasteiger partial charge in [-0.05, 0) is 25.0 Å². The third-order valence-corrected chi connectivity index (χ3v) is 3.24. The first-order valence-electron chi connectivity index (χ1n) is 5.94. The van der Waals surface area contributed by atoms with Gasteiger partial charge in [-0.3, -0.25) is 0 Å². The van der Waals surface area contributed by atoms with Gasteiger partial charge in [0.2, 0.25) is 0 Å². The molecular weight excluding hydrogens is 232 g/mol. The lowest BCUT2D eigenvalue weighted by atomic mass is 10.2. The minimum atomic E-state index is -0.943. The van der Waals surface area contributed by atoms with Crippen molar-refractivity contribution in [3.05, 3.63) is 35.3 Å². The molecule has 0 unspecified atom stereocenters. The molecule has 1 fully saturated rings. The van der Waals surface area contributed by atoms with Crippen LogP contribution in [-0.2, 0) is 11.3 Å². The van der Waals surface area contributed by atoms with E-state index in [0.29, 0.717) is 18.2 Å². The molecule has 0 bridgehead atoms. The summed E-state index contributed by atoms with van der Waals surface area (Å²) in [6.07, 6.45) is 4.01. The second kappa shape index (κ2) is 4.10. The number of carboxylic acid groups (broad SMARTS) is 1. The van der Waals surface area contributed by atoms with Gasteiger partial charge in [-0.2, -0.15) is 0 Å². The van der Waals surface area contributed by atoms with Crippen molar-refractivity contribution in [2.75, 3.05) is 7.11 Å². The predicted octanol–water partition coefficient (Wildman–Crippen LogP) is 2.06. The maximum atomic E-state index is 11.2. The summed E-state index contributed by atoms with van der Waals surface area (Å²) >= 11 is 0. The maximum Gasteiger partial charge on any atom is 0.339 e. The second-order valence-corrected chi connectivity index (χ2v) is 4.61. The molecule has 0 amide bonds. The molecule has 0 aromatic carbocycles. The van der Waals surface area contributed by atoms with Crippen molar-refractivity contribution in [3.63, 3.8) is 0 Å². The molecule has 5 heteroatoms. The van der Waals surface area contributed by atoms with Gasteiger partial charge in [0.25, 0.3) is 0 Å². The molecule has 1 saturated carbocycles. The zero-order chi connectivity index (χ0) is 12.7. The van der Waals surface area contributed by atoms with Crippen molar-refractivity contribution in [1.82, 2.24) is 9.38 Å². The van der Waals surface area contributed by atoms with Gasteiger partial charge in [0.1, 0.15) is 5.56 Å². The lowest BCUT2D eigenvalue weighted by molar-refractivity contribution is 0.0699. The Bertz CT molecular complexity index is 614. The molecule has 1 aliphatic carbocycles. The third-order valence-electron chi connectivity index (χ3n) is 3.24. The summed E-state index contributed by atoms with van der Waals surface area (Å²) in [6, 6.07) is 3.60. The van der Waals surface area contributed by atoms with Crippen LogP contribution in [0.15, 0.2) is 18.3 Å². The van der Waals surface area contributed by atoms with Gasteiger partial charge < -0.3 is 14.2 Å². The highest BCUT2D eigenvalue weighted by Crippen LogP contribution is 2.39. The first-order valence-corrected chi connectivity index (χ1v) is 5.94. The van der Waals surface area contributed by atoms with Crippen LogP contribution in [0, 0.1) is 0 Å². The number of carboxylic acids is 1. The van der Waals surface area contributed by atoms with E-state index in [-0.39, 0.29) is 5.56 Å². The molecule has 1 N–H and O–H groups in total. The fourth-order valence-electron chi connectivity index (χ4n) is 2.18. The lowest BCUT2D eigenvalue weighted by Gasteiger charge is -2.08. The number of fused-ring (bicyclic) bond motifs is 1. The number of methoxy groups -OCH3 is 1. The summed E-state index contributed by atoms with van der Waals surface area (Å²) in [5.41, 5.74) is 2.68. The van der Waals surface area contributed by atoms with Gasteiger partial charge in [0, 0.05) is 24.9 Å². The average molecular weight is 246 g/mol. The molecular formula is C13H14N2O3. The van der Waals surface area contributed by atoms with Crippen molar-refractivity contribution in [1.29, 1.82) is 0 Å². The number of hydrogen-bond donors (Lipinski definition) is 1. The van der Waals surface area contributed by atoms with Gasteiger partial charge in [0.05, 0.1) is 12.3 Å². The van der Waals surface area contributed by atoms with E-state index in [4.69, 9.17) is 9.84 Å². The first kappa shape index (κ1) is 11.2. The largest absolute Gasteiger partial charge is 0.478 e. The van der Waals surface area contributed by atoms with Gasteiger partial charge in [-0.25, -0.2) is 9.78 Å². The van der Waals surface area contributed by atoms with Gasteiger partial charge in [-0.15, -0.1) is 0 Å². The Labute approximate surface area is 104 Å². The highest BCUT2D eigenvalue weighted by molar-refractivity contribution is 5.94. The summed E-state index contributed by atoms with van der Waals surface area (Å²) in [6.45, 7) is 0.451. The van der Waals surface area contributed by atoms with Crippen molar-refractivity contribution >= 4 is 11.6 Å². The molecule has 5 nitrogen and oxygen atoms in total. The number of hydrogen-bond acceptors (Lipinski definition) is 3. The number of rotatable bonds is 4. The van der Waals surface area contributed by atoms with Crippen LogP contribution in [0.25, 0.3) is 5.65 Å². The number of aromatic nitrogens is 2. The quantitative estimate of drug-likeness (QED) is 0.896. The van der Waals surface area contributed by atoms with Crippen LogP contribution in [0.2, 0.25) is 0 Å². The van der Waals surface area contributed by atoms with Gasteiger partial charge in [-0.1, -0.05) is 0 Å². The Morgan fingerprint density at radius 3 is 3.00 bits per heavy atom. The molecule has 18 heavy (non-hydrogen) atoms. The summed E-state index contributed by atoms with van der Waals surface area (Å²) in [5.74, 6) is -0.455. The minimum absolute atomic E-state index is 0.245. The van der Waals surface area contributed by atoms with Crippen molar-refractivity contribution in [2.24, 2.45) is 0 Å². The topological polar surface area (TPSA) is 63.8 Å². The highest BCUT2D eigenvalue weighted by atomic mass is 16.5. The Kier molecular flexibility index (Phi) is 2.56. The Hall–Kier alpha value is -1.88. The number of ether oxygens (including phenoxy) is 1. The standard InChI is InChI=1S/C13H14N2O3/c1-18-7-9-6-11(8-2-3-8)14-12-10(13(16)17)4-5-15(9)12/h4-6,8H,2-3,7H2,1H3,(H,16,17). The fourth-order valence-corrected chi connectivity index (χ4v) is 2.18. The highest BCUT2D eigenvalue weighted by Gasteiger charge is 2.27. The van der Waals surface area contributed by atoms with E-state index in [2.05, 4.69) is 4.98 Å². The maximum absolute atomic E-state index is 11.2. The van der Waals surface area contributed by atoms with E-state index in [9.17, 15) is 4.79 Å². The first-order chi connectivity index (χ1) is 8.70. The van der Waals surface area contributed by atoms with Crippen molar-refractivity contribution in [3.8, 4) is 0 Å². The van der Waals surface area contributed by atoms with Gasteiger partial charge in [0.15, 0.2) is 5.65 Å². The third kappa shape index (κ3) is 1.76. The molecule has 0 aliphatic heterocycles. The van der Waals surface area contributed by atoms with E-state index in [1.807, 2.05) is 6.07 Å². The summed E-state index contributed by atoms with van der Waals surface area (Å²) in [7, 11) is 1.63. The molecule has 0 saturated heterocycles. The van der Waals surface area contributed by atoms with Crippen LogP contribution in [-0.4, -0.2) is 27.6 Å². The SMILES string of the molecule is COCc1cc(C2CC2)nc2c(C(=O)O)ccn12. The fraction of sp³-hybridized carbons (Fsp3) is 0.385. The van der Waals surface area contributed by atoms with Crippen LogP contribution in [0.3, 0.4) is 0 Å². The monoisotopic (exact) mass is 246 g/mol. The molecule has 0 radical (unpaired) electrons. The van der Waals surface area contributed by atoms with E-state index in [1.54, 1.807) is 23.8 Å². The van der Waals surface area contributed by atoms with E-state index < -0.39 is 5.97 Å². The Balaban J connectivity index is 2.21. The summed E-state index contributed by atoms with van der Waals surface area (Å²) in [4.78, 5) is 15.6. The zero-order valence-corrected chi connectivity index (χ0v) is 10.1. The summed E-state index contributed by atoms with van der Waals surface area (Å²) in [5, 5.41) is 9.15. The van der Waals surface area contributed by atoms with E-state index in [1.165, 1.54) is 0 Å². The second-order valence-electron chi connectivity index (χ2n) is 4.61. The minimum Gasteiger partial charge on any atom is -0.478 e. The smallest absolute Gasteiger partial charge is 0.339 e. The normalized spacial score (nSPS) is 15.2. The van der Waals surface area contributed by atoms with Crippen LogP contribution in [0.5, 0.6) is 0 Å². The number of carbonyl (C=O) groups is 1. The van der Waals surface area contributed by atoms with Gasteiger partial charge >= 0.3 is 5.97 Å². The van der Waals surface area contributed by atoms with E-state index >= 15 is 0 Å². The zero-order valence-electron chi connectivity index (χ0n) is 10.1. The Morgan fingerprint density at radius 2 is 2.39 bits per heavy atom. The molecule has 2 heterocycles. The predicted molar refractivity (Wildman–Crippen MR) is 64.8 cm³/mol. The van der Waals surface area contributed by atoms with Crippen LogP contribution in [0.4, 0.5) is 0 Å². The molecule has 0 spiro atoms. The molecule has 2 aromatic rings. The number of nitrogens with zero attached hydrogens (tertiary/aromatic N) is 2. The molecule has 0 atom stereocenters.